The molecule has 2 rings (SSSR count). The highest BCUT2D eigenvalue weighted by atomic mass is 16.1. The highest BCUT2D eigenvalue weighted by Gasteiger charge is 2.03. The van der Waals surface area contributed by atoms with Crippen LogP contribution in [0.25, 0.3) is 0 Å². The number of rotatable bonds is 6. The summed E-state index contributed by atoms with van der Waals surface area (Å²) in [5.41, 5.74) is 1.06. The van der Waals surface area contributed by atoms with Crippen LogP contribution >= 0.6 is 0 Å². The lowest BCUT2D eigenvalue weighted by Gasteiger charge is -2.08. The van der Waals surface area contributed by atoms with E-state index in [1.165, 1.54) is 0 Å². The van der Waals surface area contributed by atoms with E-state index >= 15 is 0 Å². The maximum absolute atomic E-state index is 12.0. The smallest absolute Gasteiger partial charge is 0.293 e. The van der Waals surface area contributed by atoms with Gasteiger partial charge < -0.3 is 9.88 Å². The number of nitrogens with one attached hydrogen (secondary N) is 1. The van der Waals surface area contributed by atoms with Crippen molar-refractivity contribution in [1.29, 1.82) is 0 Å². The second-order valence-electron chi connectivity index (χ2n) is 4.48. The van der Waals surface area contributed by atoms with E-state index in [1.807, 2.05) is 30.9 Å². The summed E-state index contributed by atoms with van der Waals surface area (Å²) in [6.07, 6.45) is 8.08. The Labute approximate surface area is 112 Å². The van der Waals surface area contributed by atoms with Crippen molar-refractivity contribution >= 4 is 5.82 Å². The molecule has 6 heteroatoms. The minimum absolute atomic E-state index is 0.0685. The molecule has 1 N–H and O–H groups in total. The zero-order valence-corrected chi connectivity index (χ0v) is 11.3. The minimum Gasteiger partial charge on any atom is -0.364 e. The molecule has 0 bridgehead atoms. The Balaban J connectivity index is 1.96. The molecule has 0 aliphatic rings. The monoisotopic (exact) mass is 261 g/mol. The van der Waals surface area contributed by atoms with E-state index in [1.54, 1.807) is 17.0 Å². The van der Waals surface area contributed by atoms with Crippen LogP contribution < -0.4 is 10.9 Å². The molecule has 2 heterocycles. The normalized spacial score (nSPS) is 10.6. The van der Waals surface area contributed by atoms with E-state index in [9.17, 15) is 4.79 Å². The van der Waals surface area contributed by atoms with E-state index in [-0.39, 0.29) is 5.56 Å². The van der Waals surface area contributed by atoms with Crippen LogP contribution in [0, 0.1) is 6.92 Å². The average molecular weight is 261 g/mol. The molecule has 2 aromatic heterocycles. The summed E-state index contributed by atoms with van der Waals surface area (Å²) in [4.78, 5) is 16.1. The lowest BCUT2D eigenvalue weighted by molar-refractivity contribution is 0.629. The number of aryl methyl sites for hydroxylation is 2. The SMILES string of the molecule is CCCn1ccnc(NCCn2cc(C)cn2)c1=O. The van der Waals surface area contributed by atoms with Gasteiger partial charge in [0.25, 0.3) is 5.56 Å². The molecule has 0 spiro atoms. The molecule has 0 unspecified atom stereocenters. The fraction of sp³-hybridized carbons (Fsp3) is 0.462. The highest BCUT2D eigenvalue weighted by molar-refractivity contribution is 5.30. The largest absolute Gasteiger partial charge is 0.364 e. The molecular formula is C13H19N5O. The second kappa shape index (κ2) is 6.17. The number of hydrogen-bond donors (Lipinski definition) is 1. The van der Waals surface area contributed by atoms with Crippen molar-refractivity contribution in [2.75, 3.05) is 11.9 Å². The summed E-state index contributed by atoms with van der Waals surface area (Å²) in [6.45, 7) is 6.09. The Morgan fingerprint density at radius 2 is 2.21 bits per heavy atom. The van der Waals surface area contributed by atoms with Gasteiger partial charge in [-0.1, -0.05) is 6.92 Å². The van der Waals surface area contributed by atoms with E-state index in [0.29, 0.717) is 25.5 Å². The molecule has 0 fully saturated rings. The predicted molar refractivity (Wildman–Crippen MR) is 74.2 cm³/mol. The van der Waals surface area contributed by atoms with Crippen molar-refractivity contribution < 1.29 is 0 Å². The van der Waals surface area contributed by atoms with Crippen LogP contribution in [0.5, 0.6) is 0 Å². The third kappa shape index (κ3) is 3.43. The zero-order chi connectivity index (χ0) is 13.7. The van der Waals surface area contributed by atoms with Gasteiger partial charge in [-0.25, -0.2) is 4.98 Å². The topological polar surface area (TPSA) is 64.7 Å². The van der Waals surface area contributed by atoms with Crippen molar-refractivity contribution in [2.45, 2.75) is 33.4 Å². The van der Waals surface area contributed by atoms with Gasteiger partial charge in [0.05, 0.1) is 12.7 Å². The lowest BCUT2D eigenvalue weighted by atomic mass is 10.4. The first-order chi connectivity index (χ1) is 9.20. The van der Waals surface area contributed by atoms with Gasteiger partial charge in [0.15, 0.2) is 5.82 Å². The van der Waals surface area contributed by atoms with Crippen LogP contribution in [0.1, 0.15) is 18.9 Å². The lowest BCUT2D eigenvalue weighted by Crippen LogP contribution is -2.25. The first-order valence-corrected chi connectivity index (χ1v) is 6.49. The fourth-order valence-corrected chi connectivity index (χ4v) is 1.86. The van der Waals surface area contributed by atoms with E-state index in [2.05, 4.69) is 15.4 Å². The van der Waals surface area contributed by atoms with Crippen molar-refractivity contribution in [2.24, 2.45) is 0 Å². The molecule has 0 aliphatic carbocycles. The second-order valence-corrected chi connectivity index (χ2v) is 4.48. The summed E-state index contributed by atoms with van der Waals surface area (Å²) < 4.78 is 3.52. The van der Waals surface area contributed by atoms with Gasteiger partial charge in [-0.15, -0.1) is 0 Å². The van der Waals surface area contributed by atoms with Crippen molar-refractivity contribution in [3.63, 3.8) is 0 Å². The molecule has 0 aliphatic heterocycles. The number of hydrogen-bond acceptors (Lipinski definition) is 4. The maximum atomic E-state index is 12.0. The first kappa shape index (κ1) is 13.3. The van der Waals surface area contributed by atoms with Gasteiger partial charge >= 0.3 is 0 Å². The van der Waals surface area contributed by atoms with Gasteiger partial charge in [-0.05, 0) is 18.9 Å². The molecule has 2 aromatic rings. The average Bonchev–Trinajstić information content (AvgIpc) is 2.80. The molecule has 0 amide bonds. The Bertz CT molecular complexity index is 587. The van der Waals surface area contributed by atoms with Gasteiger partial charge in [0, 0.05) is 31.7 Å². The third-order valence-corrected chi connectivity index (χ3v) is 2.77. The Morgan fingerprint density at radius 1 is 1.37 bits per heavy atom. The molecule has 6 nitrogen and oxygen atoms in total. The van der Waals surface area contributed by atoms with Crippen LogP contribution in [0.4, 0.5) is 5.82 Å². The molecule has 102 valence electrons. The summed E-state index contributed by atoms with van der Waals surface area (Å²) in [7, 11) is 0. The van der Waals surface area contributed by atoms with Gasteiger partial charge in [-0.3, -0.25) is 9.48 Å². The van der Waals surface area contributed by atoms with Gasteiger partial charge in [0.2, 0.25) is 0 Å². The summed E-state index contributed by atoms with van der Waals surface area (Å²) in [6, 6.07) is 0. The van der Waals surface area contributed by atoms with E-state index in [4.69, 9.17) is 0 Å². The highest BCUT2D eigenvalue weighted by Crippen LogP contribution is 1.96. The fourth-order valence-electron chi connectivity index (χ4n) is 1.86. The van der Waals surface area contributed by atoms with Gasteiger partial charge in [-0.2, -0.15) is 5.10 Å². The van der Waals surface area contributed by atoms with Crippen molar-refractivity contribution in [1.82, 2.24) is 19.3 Å². The Kier molecular flexibility index (Phi) is 4.33. The van der Waals surface area contributed by atoms with Crippen LogP contribution in [-0.4, -0.2) is 25.9 Å². The quantitative estimate of drug-likeness (QED) is 0.850. The van der Waals surface area contributed by atoms with Crippen molar-refractivity contribution in [3.05, 3.63) is 40.7 Å². The maximum Gasteiger partial charge on any atom is 0.293 e. The van der Waals surface area contributed by atoms with E-state index < -0.39 is 0 Å². The van der Waals surface area contributed by atoms with E-state index in [0.717, 1.165) is 12.0 Å². The zero-order valence-electron chi connectivity index (χ0n) is 11.3. The Morgan fingerprint density at radius 3 is 2.89 bits per heavy atom. The minimum atomic E-state index is -0.0685. The van der Waals surface area contributed by atoms with Crippen LogP contribution in [0.2, 0.25) is 0 Å². The molecule has 0 aromatic carbocycles. The van der Waals surface area contributed by atoms with Gasteiger partial charge in [0.1, 0.15) is 0 Å². The Hall–Kier alpha value is -2.11. The van der Waals surface area contributed by atoms with Crippen LogP contribution in [-0.2, 0) is 13.1 Å². The molecule has 0 atom stereocenters. The summed E-state index contributed by atoms with van der Waals surface area (Å²) >= 11 is 0. The standard InChI is InChI=1S/C13H19N5O/c1-3-6-17-7-4-14-12(13(17)19)15-5-8-18-10-11(2)9-16-18/h4,7,9-10H,3,5-6,8H2,1-2H3,(H,14,15). The number of aromatic nitrogens is 4. The number of nitrogens with zero attached hydrogens (tertiary/aromatic N) is 4. The molecule has 0 radical (unpaired) electrons. The predicted octanol–water partition coefficient (Wildman–Crippen LogP) is 1.27. The summed E-state index contributed by atoms with van der Waals surface area (Å²) in [5.74, 6) is 0.403. The van der Waals surface area contributed by atoms with Crippen LogP contribution in [0.15, 0.2) is 29.6 Å². The number of anilines is 1. The molecule has 19 heavy (non-hydrogen) atoms. The first-order valence-electron chi connectivity index (χ1n) is 6.49. The molecule has 0 saturated carbocycles. The van der Waals surface area contributed by atoms with Crippen molar-refractivity contribution in [3.8, 4) is 0 Å². The summed E-state index contributed by atoms with van der Waals surface area (Å²) in [5, 5.41) is 7.25. The van der Waals surface area contributed by atoms with Crippen LogP contribution in [0.3, 0.4) is 0 Å². The molecule has 0 saturated heterocycles. The third-order valence-electron chi connectivity index (χ3n) is 2.77. The molecular weight excluding hydrogens is 242 g/mol.